The molecule has 7 heteroatoms. The van der Waals surface area contributed by atoms with E-state index in [9.17, 15) is 18.7 Å². The monoisotopic (exact) mass is 307 g/mol. The molecule has 1 fully saturated rings. The molecule has 0 bridgehead atoms. The zero-order chi connectivity index (χ0) is 15.9. The van der Waals surface area contributed by atoms with Crippen LogP contribution in [0.25, 0.3) is 0 Å². The predicted molar refractivity (Wildman–Crippen MR) is 74.0 cm³/mol. The van der Waals surface area contributed by atoms with Crippen molar-refractivity contribution in [1.82, 2.24) is 14.5 Å². The van der Waals surface area contributed by atoms with Gasteiger partial charge >= 0.3 is 0 Å². The molecule has 2 heterocycles. The molecule has 1 aromatic carbocycles. The number of carbonyl (C=O) groups is 1. The number of hydrogen-bond donors (Lipinski definition) is 1. The number of likely N-dealkylation sites (tertiary alicyclic amines) is 1. The second-order valence-electron chi connectivity index (χ2n) is 5.46. The normalized spacial score (nSPS) is 21.4. The Morgan fingerprint density at radius 1 is 1.36 bits per heavy atom. The number of amides is 1. The number of halogens is 2. The van der Waals surface area contributed by atoms with Crippen molar-refractivity contribution in [1.29, 1.82) is 0 Å². The van der Waals surface area contributed by atoms with Gasteiger partial charge in [-0.1, -0.05) is 6.07 Å². The number of rotatable bonds is 2. The topological polar surface area (TPSA) is 58.4 Å². The van der Waals surface area contributed by atoms with Crippen molar-refractivity contribution in [3.63, 3.8) is 0 Å². The van der Waals surface area contributed by atoms with E-state index in [-0.39, 0.29) is 24.6 Å². The summed E-state index contributed by atoms with van der Waals surface area (Å²) < 4.78 is 28.1. The highest BCUT2D eigenvalue weighted by atomic mass is 19.2. The molecule has 1 aromatic heterocycles. The molecule has 0 radical (unpaired) electrons. The zero-order valence-corrected chi connectivity index (χ0v) is 11.9. The molecule has 0 spiro atoms. The van der Waals surface area contributed by atoms with Crippen molar-refractivity contribution in [3.05, 3.63) is 53.6 Å². The number of aliphatic hydroxyl groups excluding tert-OH is 1. The third kappa shape index (κ3) is 2.59. The Bertz CT molecular complexity index is 717. The summed E-state index contributed by atoms with van der Waals surface area (Å²) in [6.07, 6.45) is 2.66. The lowest BCUT2D eigenvalue weighted by Gasteiger charge is -2.24. The molecule has 2 aromatic rings. The number of β-amino-alcohol motifs (C(OH)–C–C–N with tert-alkyl or cyclic N) is 1. The fraction of sp³-hybridized carbons (Fsp3) is 0.333. The van der Waals surface area contributed by atoms with E-state index >= 15 is 0 Å². The molecule has 0 unspecified atom stereocenters. The van der Waals surface area contributed by atoms with E-state index in [0.29, 0.717) is 5.56 Å². The van der Waals surface area contributed by atoms with E-state index in [1.807, 2.05) is 0 Å². The SMILES string of the molecule is Cn1cnc(C(=O)N2C[C@H](O)C[C@@H]2c2ccc(F)c(F)c2)c1. The van der Waals surface area contributed by atoms with Gasteiger partial charge in [0.05, 0.1) is 18.5 Å². The number of nitrogens with zero attached hydrogens (tertiary/aromatic N) is 3. The first-order valence-electron chi connectivity index (χ1n) is 6.87. The summed E-state index contributed by atoms with van der Waals surface area (Å²) in [4.78, 5) is 18.0. The first-order valence-corrected chi connectivity index (χ1v) is 6.87. The molecule has 22 heavy (non-hydrogen) atoms. The lowest BCUT2D eigenvalue weighted by atomic mass is 10.0. The van der Waals surface area contributed by atoms with Gasteiger partial charge in [0.15, 0.2) is 11.6 Å². The van der Waals surface area contributed by atoms with Crippen molar-refractivity contribution in [3.8, 4) is 0 Å². The minimum absolute atomic E-state index is 0.138. The minimum atomic E-state index is -0.968. The molecule has 3 rings (SSSR count). The maximum absolute atomic E-state index is 13.4. The van der Waals surface area contributed by atoms with Crippen LogP contribution in [0, 0.1) is 11.6 Å². The number of aromatic nitrogens is 2. The molecule has 0 aliphatic carbocycles. The highest BCUT2D eigenvalue weighted by Crippen LogP contribution is 2.33. The third-order valence-electron chi connectivity index (χ3n) is 3.79. The number of hydrogen-bond acceptors (Lipinski definition) is 3. The third-order valence-corrected chi connectivity index (χ3v) is 3.79. The van der Waals surface area contributed by atoms with Gasteiger partial charge in [-0.25, -0.2) is 13.8 Å². The summed E-state index contributed by atoms with van der Waals surface area (Å²) in [6, 6.07) is 3.02. The standard InChI is InChI=1S/C15H15F2N3O2/c1-19-7-13(18-8-19)15(22)20-6-10(21)5-14(20)9-2-3-11(16)12(17)4-9/h2-4,7-8,10,14,21H,5-6H2,1H3/t10-,14-/m1/s1. The second kappa shape index (κ2) is 5.49. The quantitative estimate of drug-likeness (QED) is 0.918. The fourth-order valence-corrected chi connectivity index (χ4v) is 2.74. The van der Waals surface area contributed by atoms with Crippen molar-refractivity contribution in [2.24, 2.45) is 7.05 Å². The molecule has 1 aliphatic rings. The molecule has 1 saturated heterocycles. The van der Waals surface area contributed by atoms with E-state index in [1.165, 1.54) is 17.3 Å². The average Bonchev–Trinajstić information content (AvgIpc) is 3.07. The van der Waals surface area contributed by atoms with E-state index in [2.05, 4.69) is 4.98 Å². The van der Waals surface area contributed by atoms with Crippen molar-refractivity contribution >= 4 is 5.91 Å². The van der Waals surface area contributed by atoms with Crippen LogP contribution in [-0.4, -0.2) is 38.1 Å². The van der Waals surface area contributed by atoms with E-state index in [4.69, 9.17) is 0 Å². The molecule has 2 atom stereocenters. The zero-order valence-electron chi connectivity index (χ0n) is 11.9. The van der Waals surface area contributed by atoms with Crippen LogP contribution in [-0.2, 0) is 7.05 Å². The van der Waals surface area contributed by atoms with Crippen LogP contribution >= 0.6 is 0 Å². The van der Waals surface area contributed by atoms with Gasteiger partial charge in [-0.2, -0.15) is 0 Å². The van der Waals surface area contributed by atoms with Crippen molar-refractivity contribution in [2.45, 2.75) is 18.6 Å². The van der Waals surface area contributed by atoms with E-state index < -0.39 is 23.8 Å². The van der Waals surface area contributed by atoms with Gasteiger partial charge < -0.3 is 14.6 Å². The Morgan fingerprint density at radius 3 is 2.77 bits per heavy atom. The Balaban J connectivity index is 1.91. The van der Waals surface area contributed by atoms with Gasteiger partial charge in [0, 0.05) is 19.8 Å². The predicted octanol–water partition coefficient (Wildman–Crippen LogP) is 1.65. The highest BCUT2D eigenvalue weighted by Gasteiger charge is 2.36. The van der Waals surface area contributed by atoms with Gasteiger partial charge in [-0.05, 0) is 24.1 Å². The van der Waals surface area contributed by atoms with Crippen LogP contribution in [0.2, 0.25) is 0 Å². The first kappa shape index (κ1) is 14.6. The molecular formula is C15H15F2N3O2. The summed E-state index contributed by atoms with van der Waals surface area (Å²) in [6.45, 7) is 0.138. The summed E-state index contributed by atoms with van der Waals surface area (Å²) in [5.41, 5.74) is 0.712. The Kier molecular flexibility index (Phi) is 3.66. The van der Waals surface area contributed by atoms with Crippen LogP contribution in [0.3, 0.4) is 0 Å². The van der Waals surface area contributed by atoms with Gasteiger partial charge in [-0.3, -0.25) is 4.79 Å². The lowest BCUT2D eigenvalue weighted by molar-refractivity contribution is 0.0710. The Labute approximate surface area is 125 Å². The molecule has 1 N–H and O–H groups in total. The van der Waals surface area contributed by atoms with Crippen molar-refractivity contribution in [2.75, 3.05) is 6.54 Å². The van der Waals surface area contributed by atoms with Gasteiger partial charge in [0.25, 0.3) is 5.91 Å². The van der Waals surface area contributed by atoms with Crippen LogP contribution in [0.1, 0.15) is 28.5 Å². The largest absolute Gasteiger partial charge is 0.391 e. The van der Waals surface area contributed by atoms with Gasteiger partial charge in [0.1, 0.15) is 5.69 Å². The maximum Gasteiger partial charge on any atom is 0.274 e. The molecule has 0 saturated carbocycles. The summed E-state index contributed by atoms with van der Waals surface area (Å²) in [5, 5.41) is 9.87. The van der Waals surface area contributed by atoms with Gasteiger partial charge in [0.2, 0.25) is 0 Å². The van der Waals surface area contributed by atoms with Crippen LogP contribution in [0.15, 0.2) is 30.7 Å². The molecule has 5 nitrogen and oxygen atoms in total. The fourth-order valence-electron chi connectivity index (χ4n) is 2.74. The summed E-state index contributed by atoms with van der Waals surface area (Å²) in [7, 11) is 1.75. The average molecular weight is 307 g/mol. The number of benzene rings is 1. The summed E-state index contributed by atoms with van der Waals surface area (Å²) in [5.74, 6) is -2.25. The Morgan fingerprint density at radius 2 is 2.14 bits per heavy atom. The smallest absolute Gasteiger partial charge is 0.274 e. The van der Waals surface area contributed by atoms with Crippen LogP contribution in [0.4, 0.5) is 8.78 Å². The molecule has 1 aliphatic heterocycles. The lowest BCUT2D eigenvalue weighted by Crippen LogP contribution is -2.32. The summed E-state index contributed by atoms with van der Waals surface area (Å²) >= 11 is 0. The highest BCUT2D eigenvalue weighted by molar-refractivity contribution is 5.92. The van der Waals surface area contributed by atoms with Crippen molar-refractivity contribution < 1.29 is 18.7 Å². The Hall–Kier alpha value is -2.28. The van der Waals surface area contributed by atoms with Gasteiger partial charge in [-0.15, -0.1) is 0 Å². The van der Waals surface area contributed by atoms with Crippen LogP contribution < -0.4 is 0 Å². The molecule has 1 amide bonds. The number of carbonyl (C=O) groups excluding carboxylic acids is 1. The number of aryl methyl sites for hydroxylation is 1. The van der Waals surface area contributed by atoms with E-state index in [0.717, 1.165) is 12.1 Å². The maximum atomic E-state index is 13.4. The number of aliphatic hydroxyl groups is 1. The molecule has 116 valence electrons. The first-order chi connectivity index (χ1) is 10.5. The minimum Gasteiger partial charge on any atom is -0.391 e. The van der Waals surface area contributed by atoms with E-state index in [1.54, 1.807) is 17.8 Å². The van der Waals surface area contributed by atoms with Crippen LogP contribution in [0.5, 0.6) is 0 Å². The second-order valence-corrected chi connectivity index (χ2v) is 5.46. The molecular weight excluding hydrogens is 292 g/mol. The number of imidazole rings is 1.